The van der Waals surface area contributed by atoms with E-state index in [1.54, 1.807) is 12.1 Å². The van der Waals surface area contributed by atoms with Crippen molar-refractivity contribution in [1.29, 1.82) is 5.41 Å². The van der Waals surface area contributed by atoms with Gasteiger partial charge in [0.2, 0.25) is 5.96 Å². The van der Waals surface area contributed by atoms with Crippen molar-refractivity contribution in [3.63, 3.8) is 0 Å². The van der Waals surface area contributed by atoms with Crippen molar-refractivity contribution < 1.29 is 27.5 Å². The number of nitrogens with one attached hydrogen (secondary N) is 3. The SMILES string of the molecule is N=C(/N=N\N)NC(=O)c1ccc(CN(C(=O)Nc2ccc(OC(F)(F)F)cc2)c2ccc(C3=CCCCC3)cc2)cc1. The van der Waals surface area contributed by atoms with Crippen LogP contribution in [0.3, 0.4) is 0 Å². The molecule has 0 heterocycles. The fourth-order valence-corrected chi connectivity index (χ4v) is 4.37. The van der Waals surface area contributed by atoms with Gasteiger partial charge in [0, 0.05) is 16.9 Å². The average molecular weight is 580 g/mol. The van der Waals surface area contributed by atoms with Gasteiger partial charge in [-0.3, -0.25) is 20.4 Å². The van der Waals surface area contributed by atoms with E-state index in [1.807, 2.05) is 24.3 Å². The first-order valence-corrected chi connectivity index (χ1v) is 12.9. The summed E-state index contributed by atoms with van der Waals surface area (Å²) in [5.41, 5.74) is 4.14. The number of amides is 3. The molecule has 42 heavy (non-hydrogen) atoms. The zero-order valence-corrected chi connectivity index (χ0v) is 22.3. The number of ether oxygens (including phenoxy) is 1. The third kappa shape index (κ3) is 8.40. The van der Waals surface area contributed by atoms with Crippen LogP contribution in [-0.2, 0) is 6.54 Å². The van der Waals surface area contributed by atoms with Crippen LogP contribution in [0, 0.1) is 5.41 Å². The van der Waals surface area contributed by atoms with Gasteiger partial charge in [-0.25, -0.2) is 4.79 Å². The van der Waals surface area contributed by atoms with Gasteiger partial charge in [-0.05, 0) is 90.9 Å². The lowest BCUT2D eigenvalue weighted by atomic mass is 9.93. The maximum atomic E-state index is 13.5. The van der Waals surface area contributed by atoms with Gasteiger partial charge < -0.3 is 15.9 Å². The van der Waals surface area contributed by atoms with Gasteiger partial charge in [-0.15, -0.1) is 13.2 Å². The molecule has 0 aromatic heterocycles. The molecule has 3 amide bonds. The summed E-state index contributed by atoms with van der Waals surface area (Å²) in [5.74, 6) is 3.38. The highest BCUT2D eigenvalue weighted by Crippen LogP contribution is 2.29. The number of alkyl halides is 3. The molecule has 0 unspecified atom stereocenters. The van der Waals surface area contributed by atoms with Crippen LogP contribution in [-0.4, -0.2) is 24.3 Å². The Morgan fingerprint density at radius 1 is 0.976 bits per heavy atom. The largest absolute Gasteiger partial charge is 0.573 e. The smallest absolute Gasteiger partial charge is 0.406 e. The minimum Gasteiger partial charge on any atom is -0.406 e. The van der Waals surface area contributed by atoms with Gasteiger partial charge in [0.15, 0.2) is 0 Å². The van der Waals surface area contributed by atoms with Crippen LogP contribution in [0.5, 0.6) is 5.75 Å². The van der Waals surface area contributed by atoms with Gasteiger partial charge in [-0.1, -0.05) is 40.7 Å². The molecular formula is C29H28F3N7O3. The summed E-state index contributed by atoms with van der Waals surface area (Å²) in [5, 5.41) is 18.6. The lowest BCUT2D eigenvalue weighted by molar-refractivity contribution is -0.274. The Morgan fingerprint density at radius 2 is 1.67 bits per heavy atom. The molecule has 13 heteroatoms. The van der Waals surface area contributed by atoms with Crippen molar-refractivity contribution in [2.75, 3.05) is 10.2 Å². The third-order valence-corrected chi connectivity index (χ3v) is 6.37. The van der Waals surface area contributed by atoms with Gasteiger partial charge in [0.25, 0.3) is 5.91 Å². The molecule has 218 valence electrons. The Balaban J connectivity index is 1.54. The predicted molar refractivity (Wildman–Crippen MR) is 152 cm³/mol. The average Bonchev–Trinajstić information content (AvgIpc) is 2.97. The van der Waals surface area contributed by atoms with Crippen molar-refractivity contribution in [2.45, 2.75) is 38.6 Å². The molecule has 0 saturated carbocycles. The quantitative estimate of drug-likeness (QED) is 0.0804. The van der Waals surface area contributed by atoms with E-state index in [-0.39, 0.29) is 17.8 Å². The number of guanidine groups is 1. The number of allylic oxidation sites excluding steroid dienone is 2. The number of benzene rings is 3. The van der Waals surface area contributed by atoms with E-state index >= 15 is 0 Å². The maximum Gasteiger partial charge on any atom is 0.573 e. The van der Waals surface area contributed by atoms with Crippen molar-refractivity contribution in [3.8, 4) is 5.75 Å². The number of carbonyl (C=O) groups is 2. The summed E-state index contributed by atoms with van der Waals surface area (Å²) >= 11 is 0. The highest BCUT2D eigenvalue weighted by molar-refractivity contribution is 6.05. The van der Waals surface area contributed by atoms with E-state index in [0.717, 1.165) is 37.0 Å². The summed E-state index contributed by atoms with van der Waals surface area (Å²) in [7, 11) is 0. The van der Waals surface area contributed by atoms with E-state index in [9.17, 15) is 22.8 Å². The van der Waals surface area contributed by atoms with Gasteiger partial charge >= 0.3 is 12.4 Å². The van der Waals surface area contributed by atoms with Crippen molar-refractivity contribution in [1.82, 2.24) is 5.32 Å². The zero-order chi connectivity index (χ0) is 30.1. The molecule has 1 aliphatic rings. The van der Waals surface area contributed by atoms with Gasteiger partial charge in [-0.2, -0.15) is 0 Å². The first kappa shape index (κ1) is 29.8. The summed E-state index contributed by atoms with van der Waals surface area (Å²) in [6.07, 6.45) is 1.72. The maximum absolute atomic E-state index is 13.5. The normalized spacial score (nSPS) is 13.3. The first-order chi connectivity index (χ1) is 20.1. The minimum atomic E-state index is -4.82. The Labute approximate surface area is 239 Å². The molecular weight excluding hydrogens is 551 g/mol. The van der Waals surface area contributed by atoms with Gasteiger partial charge in [0.05, 0.1) is 6.54 Å². The summed E-state index contributed by atoms with van der Waals surface area (Å²) in [6, 6.07) is 18.3. The number of nitrogens with zero attached hydrogens (tertiary/aromatic N) is 3. The standard InChI is InChI=1S/C29H28F3N7O3/c30-29(31,32)42-25-16-12-23(13-17-25)35-28(41)39(24-14-10-21(11-15-24)20-4-2-1-3-5-20)18-19-6-8-22(9-7-19)26(40)36-27(33)37-38-34/h4,6-17H,1-3,5,18H2,(H,35,41)(H4,33,34,36,37,40). The highest BCUT2D eigenvalue weighted by Gasteiger charge is 2.31. The Hall–Kier alpha value is -5.20. The Morgan fingerprint density at radius 3 is 2.26 bits per heavy atom. The molecule has 0 spiro atoms. The van der Waals surface area contributed by atoms with E-state index in [4.69, 9.17) is 11.3 Å². The Bertz CT molecular complexity index is 1470. The molecule has 1 aliphatic carbocycles. The van der Waals surface area contributed by atoms with E-state index < -0.39 is 30.0 Å². The van der Waals surface area contributed by atoms with Crippen molar-refractivity contribution in [3.05, 3.63) is 95.6 Å². The van der Waals surface area contributed by atoms with E-state index in [2.05, 4.69) is 31.8 Å². The topological polar surface area (TPSA) is 145 Å². The molecule has 10 nitrogen and oxygen atoms in total. The van der Waals surface area contributed by atoms with Crippen LogP contribution in [0.15, 0.2) is 89.2 Å². The molecule has 3 aromatic carbocycles. The molecule has 0 radical (unpaired) electrons. The second-order valence-electron chi connectivity index (χ2n) is 9.33. The van der Waals surface area contributed by atoms with Crippen molar-refractivity contribution >= 4 is 34.8 Å². The Kier molecular flexibility index (Phi) is 9.53. The molecule has 0 aliphatic heterocycles. The molecule has 4 rings (SSSR count). The summed E-state index contributed by atoms with van der Waals surface area (Å²) in [4.78, 5) is 27.2. The van der Waals surface area contributed by atoms with Crippen LogP contribution in [0.1, 0.15) is 47.2 Å². The van der Waals surface area contributed by atoms with E-state index in [0.29, 0.717) is 11.3 Å². The van der Waals surface area contributed by atoms with Gasteiger partial charge in [0.1, 0.15) is 5.75 Å². The van der Waals surface area contributed by atoms with Crippen LogP contribution in [0.2, 0.25) is 0 Å². The number of urea groups is 1. The minimum absolute atomic E-state index is 0.113. The monoisotopic (exact) mass is 579 g/mol. The molecule has 0 saturated heterocycles. The lowest BCUT2D eigenvalue weighted by Crippen LogP contribution is -2.34. The lowest BCUT2D eigenvalue weighted by Gasteiger charge is -2.24. The molecule has 0 atom stereocenters. The molecule has 0 bridgehead atoms. The van der Waals surface area contributed by atoms with Crippen molar-refractivity contribution in [2.24, 2.45) is 16.2 Å². The summed E-state index contributed by atoms with van der Waals surface area (Å²) in [6.45, 7) is 0.113. The molecule has 3 aromatic rings. The molecule has 5 N–H and O–H groups in total. The number of hydrogen-bond donors (Lipinski definition) is 4. The number of halogens is 3. The summed E-state index contributed by atoms with van der Waals surface area (Å²) < 4.78 is 41.4. The number of nitrogens with two attached hydrogens (primary N) is 1. The highest BCUT2D eigenvalue weighted by atomic mass is 19.4. The van der Waals surface area contributed by atoms with Crippen LogP contribution < -0.4 is 26.1 Å². The van der Waals surface area contributed by atoms with Crippen LogP contribution >= 0.6 is 0 Å². The molecule has 0 fully saturated rings. The fraction of sp³-hybridized carbons (Fsp3) is 0.207. The van der Waals surface area contributed by atoms with Crippen LogP contribution in [0.25, 0.3) is 5.57 Å². The second kappa shape index (κ2) is 13.4. The predicted octanol–water partition coefficient (Wildman–Crippen LogP) is 6.77. The number of hydrogen-bond acceptors (Lipinski definition) is 5. The number of carbonyl (C=O) groups excluding carboxylic acids is 2. The second-order valence-corrected chi connectivity index (χ2v) is 9.33. The fourth-order valence-electron chi connectivity index (χ4n) is 4.37. The number of anilines is 2. The third-order valence-electron chi connectivity index (χ3n) is 6.37. The first-order valence-electron chi connectivity index (χ1n) is 12.9. The number of rotatable bonds is 7. The van der Waals surface area contributed by atoms with E-state index in [1.165, 1.54) is 41.2 Å². The van der Waals surface area contributed by atoms with Crippen LogP contribution in [0.4, 0.5) is 29.3 Å². The zero-order valence-electron chi connectivity index (χ0n) is 22.3.